The molecule has 0 fully saturated rings. The Hall–Kier alpha value is -1.39. The van der Waals surface area contributed by atoms with Crippen molar-refractivity contribution in [3.63, 3.8) is 0 Å². The number of aryl methyl sites for hydroxylation is 3. The van der Waals surface area contributed by atoms with Gasteiger partial charge in [0.1, 0.15) is 11.6 Å². The molecule has 96 valence electrons. The molecule has 1 heterocycles. The van der Waals surface area contributed by atoms with Crippen LogP contribution in [0.4, 0.5) is 0 Å². The third-order valence-corrected chi connectivity index (χ3v) is 2.52. The molecule has 17 heavy (non-hydrogen) atoms. The van der Waals surface area contributed by atoms with E-state index in [4.69, 9.17) is 4.74 Å². The Morgan fingerprint density at radius 1 is 1.29 bits per heavy atom. The van der Waals surface area contributed by atoms with Crippen molar-refractivity contribution >= 4 is 5.97 Å². The zero-order valence-corrected chi connectivity index (χ0v) is 10.9. The zero-order valence-electron chi connectivity index (χ0n) is 10.9. The van der Waals surface area contributed by atoms with Crippen LogP contribution in [0.25, 0.3) is 0 Å². The molecule has 0 spiro atoms. The van der Waals surface area contributed by atoms with E-state index >= 15 is 0 Å². The molecule has 1 aromatic heterocycles. The highest BCUT2D eigenvalue weighted by atomic mass is 16.5. The Labute approximate surface area is 102 Å². The third kappa shape index (κ3) is 4.97. The van der Waals surface area contributed by atoms with E-state index in [9.17, 15) is 4.79 Å². The van der Waals surface area contributed by atoms with Crippen molar-refractivity contribution in [3.05, 3.63) is 11.6 Å². The van der Waals surface area contributed by atoms with Crippen LogP contribution < -0.4 is 0 Å². The molecule has 0 unspecified atom stereocenters. The monoisotopic (exact) mass is 239 g/mol. The number of unbranched alkanes of at least 4 members (excludes halogenated alkanes) is 2. The van der Waals surface area contributed by atoms with Gasteiger partial charge in [0.25, 0.3) is 0 Å². The van der Waals surface area contributed by atoms with Gasteiger partial charge in [-0.1, -0.05) is 6.42 Å². The van der Waals surface area contributed by atoms with Crippen LogP contribution in [0.5, 0.6) is 0 Å². The smallest absolute Gasteiger partial charge is 0.305 e. The second-order valence-electron chi connectivity index (χ2n) is 4.05. The number of esters is 1. The Bertz CT molecular complexity index is 361. The van der Waals surface area contributed by atoms with Crippen LogP contribution >= 0.6 is 0 Å². The van der Waals surface area contributed by atoms with Crippen molar-refractivity contribution < 1.29 is 9.53 Å². The first kappa shape index (κ1) is 13.7. The van der Waals surface area contributed by atoms with E-state index in [2.05, 4.69) is 10.1 Å². The molecule has 0 atom stereocenters. The number of ether oxygens (including phenoxy) is 1. The van der Waals surface area contributed by atoms with Gasteiger partial charge in [-0.2, -0.15) is 5.10 Å². The molecule has 5 nitrogen and oxygen atoms in total. The Morgan fingerprint density at radius 2 is 2.06 bits per heavy atom. The van der Waals surface area contributed by atoms with Crippen molar-refractivity contribution in [3.8, 4) is 0 Å². The number of carbonyl (C=O) groups excluding carboxylic acids is 1. The zero-order chi connectivity index (χ0) is 12.7. The first-order valence-corrected chi connectivity index (χ1v) is 6.17. The first-order valence-electron chi connectivity index (χ1n) is 6.17. The number of carbonyl (C=O) groups is 1. The lowest BCUT2D eigenvalue weighted by Gasteiger charge is -2.03. The molecule has 0 saturated heterocycles. The highest BCUT2D eigenvalue weighted by molar-refractivity contribution is 5.69. The van der Waals surface area contributed by atoms with E-state index in [1.54, 1.807) is 0 Å². The fourth-order valence-corrected chi connectivity index (χ4v) is 1.71. The lowest BCUT2D eigenvalue weighted by atomic mass is 10.2. The van der Waals surface area contributed by atoms with E-state index in [1.807, 2.05) is 25.5 Å². The normalized spacial score (nSPS) is 10.5. The summed E-state index contributed by atoms with van der Waals surface area (Å²) in [6.45, 7) is 7.02. The van der Waals surface area contributed by atoms with Gasteiger partial charge in [0.05, 0.1) is 6.61 Å². The van der Waals surface area contributed by atoms with Gasteiger partial charge in [0, 0.05) is 13.0 Å². The summed E-state index contributed by atoms with van der Waals surface area (Å²) in [5.41, 5.74) is 0. The van der Waals surface area contributed by atoms with Crippen LogP contribution in [0, 0.1) is 13.8 Å². The van der Waals surface area contributed by atoms with E-state index in [-0.39, 0.29) is 5.97 Å². The van der Waals surface area contributed by atoms with E-state index < -0.39 is 0 Å². The van der Waals surface area contributed by atoms with Gasteiger partial charge in [-0.15, -0.1) is 0 Å². The van der Waals surface area contributed by atoms with Gasteiger partial charge in [0.2, 0.25) is 0 Å². The average molecular weight is 239 g/mol. The Kier molecular flexibility index (Phi) is 5.66. The Balaban J connectivity index is 2.12. The van der Waals surface area contributed by atoms with Gasteiger partial charge >= 0.3 is 5.97 Å². The summed E-state index contributed by atoms with van der Waals surface area (Å²) >= 11 is 0. The maximum Gasteiger partial charge on any atom is 0.305 e. The molecule has 1 aromatic rings. The van der Waals surface area contributed by atoms with Crippen molar-refractivity contribution in [1.29, 1.82) is 0 Å². The molecule has 0 radical (unpaired) electrons. The maximum absolute atomic E-state index is 11.1. The molecular weight excluding hydrogens is 218 g/mol. The molecule has 0 aliphatic carbocycles. The predicted octanol–water partition coefficient (Wildman–Crippen LogP) is 2.02. The summed E-state index contributed by atoms with van der Waals surface area (Å²) in [5.74, 6) is 1.67. The van der Waals surface area contributed by atoms with Gasteiger partial charge in [-0.25, -0.2) is 4.98 Å². The van der Waals surface area contributed by atoms with Gasteiger partial charge in [0.15, 0.2) is 0 Å². The standard InChI is InChI=1S/C12H21N3O2/c1-4-17-12(16)8-6-5-7-9-15-11(3)13-10(2)14-15/h4-9H2,1-3H3. The largest absolute Gasteiger partial charge is 0.466 e. The topological polar surface area (TPSA) is 57.0 Å². The minimum absolute atomic E-state index is 0.0970. The lowest BCUT2D eigenvalue weighted by Crippen LogP contribution is -2.05. The summed E-state index contributed by atoms with van der Waals surface area (Å²) in [6, 6.07) is 0. The predicted molar refractivity (Wildman–Crippen MR) is 64.6 cm³/mol. The molecule has 0 amide bonds. The molecule has 0 aliphatic rings. The molecular formula is C12H21N3O2. The quantitative estimate of drug-likeness (QED) is 0.539. The summed E-state index contributed by atoms with van der Waals surface area (Å²) in [5, 5.41) is 4.29. The fraction of sp³-hybridized carbons (Fsp3) is 0.750. The summed E-state index contributed by atoms with van der Waals surface area (Å²) in [7, 11) is 0. The molecule has 0 bridgehead atoms. The number of rotatable bonds is 7. The molecule has 0 saturated carbocycles. The van der Waals surface area contributed by atoms with Gasteiger partial charge in [-0.05, 0) is 33.6 Å². The van der Waals surface area contributed by atoms with E-state index in [1.165, 1.54) is 0 Å². The Morgan fingerprint density at radius 3 is 2.65 bits per heavy atom. The number of nitrogens with zero attached hydrogens (tertiary/aromatic N) is 3. The highest BCUT2D eigenvalue weighted by Crippen LogP contribution is 2.04. The maximum atomic E-state index is 11.1. The second-order valence-corrected chi connectivity index (χ2v) is 4.05. The van der Waals surface area contributed by atoms with Crippen molar-refractivity contribution in [2.24, 2.45) is 0 Å². The molecule has 0 aromatic carbocycles. The third-order valence-electron chi connectivity index (χ3n) is 2.52. The number of hydrogen-bond acceptors (Lipinski definition) is 4. The molecule has 0 N–H and O–H groups in total. The van der Waals surface area contributed by atoms with Crippen molar-refractivity contribution in [2.75, 3.05) is 6.61 Å². The summed E-state index contributed by atoms with van der Waals surface area (Å²) < 4.78 is 6.78. The number of aromatic nitrogens is 3. The minimum Gasteiger partial charge on any atom is -0.466 e. The summed E-state index contributed by atoms with van der Waals surface area (Å²) in [6.07, 6.45) is 3.43. The van der Waals surface area contributed by atoms with Crippen molar-refractivity contribution in [1.82, 2.24) is 14.8 Å². The van der Waals surface area contributed by atoms with Gasteiger partial charge in [-0.3, -0.25) is 9.48 Å². The SMILES string of the molecule is CCOC(=O)CCCCCn1nc(C)nc1C. The second kappa shape index (κ2) is 7.04. The van der Waals surface area contributed by atoms with Crippen LogP contribution in [-0.4, -0.2) is 27.3 Å². The van der Waals surface area contributed by atoms with Crippen LogP contribution in [0.1, 0.15) is 44.3 Å². The minimum atomic E-state index is -0.0970. The van der Waals surface area contributed by atoms with E-state index in [0.29, 0.717) is 13.0 Å². The number of hydrogen-bond donors (Lipinski definition) is 0. The summed E-state index contributed by atoms with van der Waals surface area (Å²) in [4.78, 5) is 15.3. The van der Waals surface area contributed by atoms with E-state index in [0.717, 1.165) is 37.5 Å². The average Bonchev–Trinajstić information content (AvgIpc) is 2.57. The van der Waals surface area contributed by atoms with Gasteiger partial charge < -0.3 is 4.74 Å². The highest BCUT2D eigenvalue weighted by Gasteiger charge is 2.03. The van der Waals surface area contributed by atoms with Crippen LogP contribution in [0.3, 0.4) is 0 Å². The van der Waals surface area contributed by atoms with Crippen LogP contribution in [0.2, 0.25) is 0 Å². The lowest BCUT2D eigenvalue weighted by molar-refractivity contribution is -0.143. The van der Waals surface area contributed by atoms with Crippen molar-refractivity contribution in [2.45, 2.75) is 53.0 Å². The van der Waals surface area contributed by atoms with Crippen LogP contribution in [0.15, 0.2) is 0 Å². The first-order chi connectivity index (χ1) is 8.13. The van der Waals surface area contributed by atoms with Crippen LogP contribution in [-0.2, 0) is 16.1 Å². The molecule has 0 aliphatic heterocycles. The molecule has 5 heteroatoms. The molecule has 1 rings (SSSR count). The fourth-order valence-electron chi connectivity index (χ4n) is 1.71.